The number of hydrogen-bond donors (Lipinski definition) is 1. The predicted molar refractivity (Wildman–Crippen MR) is 72.9 cm³/mol. The van der Waals surface area contributed by atoms with Crippen molar-refractivity contribution in [3.05, 3.63) is 18.0 Å². The van der Waals surface area contributed by atoms with Crippen molar-refractivity contribution in [1.29, 1.82) is 0 Å². The maximum atomic E-state index is 5.91. The first-order chi connectivity index (χ1) is 7.92. The fourth-order valence-electron chi connectivity index (χ4n) is 1.83. The van der Waals surface area contributed by atoms with Crippen molar-refractivity contribution in [1.82, 2.24) is 9.78 Å². The highest BCUT2D eigenvalue weighted by atomic mass is 15.3. The molecule has 3 nitrogen and oxygen atoms in total. The molecule has 0 aliphatic carbocycles. The molecular weight excluding hydrogens is 210 g/mol. The van der Waals surface area contributed by atoms with Crippen LogP contribution in [-0.2, 0) is 6.42 Å². The lowest BCUT2D eigenvalue weighted by molar-refractivity contribution is 0.224. The Hall–Kier alpha value is -0.830. The molecule has 98 valence electrons. The summed E-state index contributed by atoms with van der Waals surface area (Å²) in [5.74, 6) is 0.571. The molecule has 0 aromatic carbocycles. The van der Waals surface area contributed by atoms with Crippen molar-refractivity contribution < 1.29 is 0 Å². The van der Waals surface area contributed by atoms with Crippen molar-refractivity contribution in [3.8, 4) is 0 Å². The SMILES string of the molecule is CCC(C)n1ccc(CC(C)(CN)C(C)C)n1. The molecule has 1 aromatic rings. The summed E-state index contributed by atoms with van der Waals surface area (Å²) in [6.07, 6.45) is 4.16. The van der Waals surface area contributed by atoms with Crippen LogP contribution in [0.1, 0.15) is 52.8 Å². The maximum absolute atomic E-state index is 5.91. The van der Waals surface area contributed by atoms with Crippen LogP contribution in [0.2, 0.25) is 0 Å². The lowest BCUT2D eigenvalue weighted by atomic mass is 9.75. The molecule has 2 N–H and O–H groups in total. The lowest BCUT2D eigenvalue weighted by Gasteiger charge is -2.31. The second-order valence-corrected chi connectivity index (χ2v) is 5.73. The summed E-state index contributed by atoms with van der Waals surface area (Å²) < 4.78 is 2.06. The van der Waals surface area contributed by atoms with E-state index < -0.39 is 0 Å². The highest BCUT2D eigenvalue weighted by molar-refractivity contribution is 5.04. The van der Waals surface area contributed by atoms with Gasteiger partial charge in [0.1, 0.15) is 0 Å². The molecule has 0 spiro atoms. The molecule has 0 aliphatic rings. The molecule has 17 heavy (non-hydrogen) atoms. The molecule has 0 bridgehead atoms. The fourth-order valence-corrected chi connectivity index (χ4v) is 1.83. The zero-order chi connectivity index (χ0) is 13.1. The van der Waals surface area contributed by atoms with Crippen LogP contribution in [0.15, 0.2) is 12.3 Å². The minimum Gasteiger partial charge on any atom is -0.330 e. The van der Waals surface area contributed by atoms with E-state index in [9.17, 15) is 0 Å². The van der Waals surface area contributed by atoms with Gasteiger partial charge in [0.25, 0.3) is 0 Å². The molecule has 0 amide bonds. The van der Waals surface area contributed by atoms with Crippen LogP contribution in [0.25, 0.3) is 0 Å². The normalized spacial score (nSPS) is 17.1. The zero-order valence-electron chi connectivity index (χ0n) is 11.9. The topological polar surface area (TPSA) is 43.8 Å². The van der Waals surface area contributed by atoms with E-state index in [-0.39, 0.29) is 5.41 Å². The van der Waals surface area contributed by atoms with E-state index in [0.717, 1.165) is 18.5 Å². The molecule has 2 atom stereocenters. The van der Waals surface area contributed by atoms with E-state index >= 15 is 0 Å². The quantitative estimate of drug-likeness (QED) is 0.826. The number of nitrogens with two attached hydrogens (primary N) is 1. The molecule has 2 unspecified atom stereocenters. The van der Waals surface area contributed by atoms with E-state index in [1.165, 1.54) is 0 Å². The van der Waals surface area contributed by atoms with E-state index in [2.05, 4.69) is 56.7 Å². The van der Waals surface area contributed by atoms with Crippen molar-refractivity contribution in [3.63, 3.8) is 0 Å². The first kappa shape index (κ1) is 14.2. The van der Waals surface area contributed by atoms with Crippen molar-refractivity contribution >= 4 is 0 Å². The number of aromatic nitrogens is 2. The summed E-state index contributed by atoms with van der Waals surface area (Å²) in [5, 5.41) is 4.66. The molecule has 1 rings (SSSR count). The molecule has 1 aromatic heterocycles. The van der Waals surface area contributed by atoms with Gasteiger partial charge in [-0.15, -0.1) is 0 Å². The van der Waals surface area contributed by atoms with Gasteiger partial charge in [-0.2, -0.15) is 5.10 Å². The largest absolute Gasteiger partial charge is 0.330 e. The van der Waals surface area contributed by atoms with E-state index in [1.54, 1.807) is 0 Å². The fraction of sp³-hybridized carbons (Fsp3) is 0.786. The lowest BCUT2D eigenvalue weighted by Crippen LogP contribution is -2.34. The Morgan fingerprint density at radius 3 is 2.53 bits per heavy atom. The van der Waals surface area contributed by atoms with Crippen LogP contribution in [0.3, 0.4) is 0 Å². The maximum Gasteiger partial charge on any atom is 0.0630 e. The first-order valence-electron chi connectivity index (χ1n) is 6.67. The van der Waals surface area contributed by atoms with Crippen LogP contribution in [-0.4, -0.2) is 16.3 Å². The summed E-state index contributed by atoms with van der Waals surface area (Å²) in [7, 11) is 0. The van der Waals surface area contributed by atoms with Gasteiger partial charge in [0.05, 0.1) is 5.69 Å². The van der Waals surface area contributed by atoms with Crippen molar-refractivity contribution in [2.24, 2.45) is 17.1 Å². The van der Waals surface area contributed by atoms with Crippen molar-refractivity contribution in [2.75, 3.05) is 6.54 Å². The average Bonchev–Trinajstić information content (AvgIpc) is 2.75. The van der Waals surface area contributed by atoms with Crippen LogP contribution in [0.4, 0.5) is 0 Å². The van der Waals surface area contributed by atoms with Gasteiger partial charge in [0.2, 0.25) is 0 Å². The second-order valence-electron chi connectivity index (χ2n) is 5.73. The molecule has 0 saturated carbocycles. The number of hydrogen-bond acceptors (Lipinski definition) is 2. The molecule has 3 heteroatoms. The molecular formula is C14H27N3. The van der Waals surface area contributed by atoms with Gasteiger partial charge in [-0.05, 0) is 43.7 Å². The van der Waals surface area contributed by atoms with Crippen LogP contribution in [0.5, 0.6) is 0 Å². The standard InChI is InChI=1S/C14H27N3/c1-6-12(4)17-8-7-13(16-17)9-14(5,10-15)11(2)3/h7-8,11-12H,6,9-10,15H2,1-5H3. The van der Waals surface area contributed by atoms with E-state index in [4.69, 9.17) is 5.73 Å². The minimum atomic E-state index is 0.147. The van der Waals surface area contributed by atoms with Gasteiger partial charge in [0.15, 0.2) is 0 Å². The van der Waals surface area contributed by atoms with Gasteiger partial charge < -0.3 is 5.73 Å². The van der Waals surface area contributed by atoms with Gasteiger partial charge >= 0.3 is 0 Å². The van der Waals surface area contributed by atoms with E-state index in [0.29, 0.717) is 18.5 Å². The second kappa shape index (κ2) is 5.67. The van der Waals surface area contributed by atoms with Gasteiger partial charge in [-0.25, -0.2) is 0 Å². The summed E-state index contributed by atoms with van der Waals surface area (Å²) >= 11 is 0. The Bertz CT molecular complexity index is 343. The molecule has 1 heterocycles. The zero-order valence-corrected chi connectivity index (χ0v) is 11.9. The van der Waals surface area contributed by atoms with Gasteiger partial charge in [-0.3, -0.25) is 4.68 Å². The van der Waals surface area contributed by atoms with Gasteiger partial charge in [-0.1, -0.05) is 27.7 Å². The number of rotatable bonds is 6. The first-order valence-corrected chi connectivity index (χ1v) is 6.67. The van der Waals surface area contributed by atoms with Gasteiger partial charge in [0, 0.05) is 12.2 Å². The Labute approximate surface area is 105 Å². The smallest absolute Gasteiger partial charge is 0.0630 e. The monoisotopic (exact) mass is 237 g/mol. The third-order valence-corrected chi connectivity index (χ3v) is 4.15. The summed E-state index contributed by atoms with van der Waals surface area (Å²) in [5.41, 5.74) is 7.22. The third kappa shape index (κ3) is 3.32. The summed E-state index contributed by atoms with van der Waals surface area (Å²) in [6, 6.07) is 2.61. The highest BCUT2D eigenvalue weighted by Crippen LogP contribution is 2.29. The summed E-state index contributed by atoms with van der Waals surface area (Å²) in [6.45, 7) is 11.8. The molecule has 0 radical (unpaired) electrons. The highest BCUT2D eigenvalue weighted by Gasteiger charge is 2.28. The third-order valence-electron chi connectivity index (χ3n) is 4.15. The summed E-state index contributed by atoms with van der Waals surface area (Å²) in [4.78, 5) is 0. The average molecular weight is 237 g/mol. The molecule has 0 fully saturated rings. The Balaban J connectivity index is 2.78. The van der Waals surface area contributed by atoms with Crippen LogP contribution in [0, 0.1) is 11.3 Å². The minimum absolute atomic E-state index is 0.147. The van der Waals surface area contributed by atoms with Crippen LogP contribution >= 0.6 is 0 Å². The Kier molecular flexibility index (Phi) is 4.75. The Morgan fingerprint density at radius 1 is 1.41 bits per heavy atom. The molecule has 0 aliphatic heterocycles. The number of nitrogens with zero attached hydrogens (tertiary/aromatic N) is 2. The Morgan fingerprint density at radius 2 is 2.06 bits per heavy atom. The van der Waals surface area contributed by atoms with E-state index in [1.807, 2.05) is 0 Å². The van der Waals surface area contributed by atoms with Crippen LogP contribution < -0.4 is 5.73 Å². The van der Waals surface area contributed by atoms with Crippen molar-refractivity contribution in [2.45, 2.75) is 53.5 Å². The predicted octanol–water partition coefficient (Wildman–Crippen LogP) is 3.02. The molecule has 0 saturated heterocycles.